The number of nitrogens with one attached hydrogen (secondary N) is 1. The monoisotopic (exact) mass is 434 g/mol. The summed E-state index contributed by atoms with van der Waals surface area (Å²) < 4.78 is 1.02. The lowest BCUT2D eigenvalue weighted by Crippen LogP contribution is -2.12. The molecule has 0 saturated carbocycles. The third-order valence-corrected chi connectivity index (χ3v) is 5.52. The van der Waals surface area contributed by atoms with E-state index >= 15 is 0 Å². The molecular formula is C19H16BrClN2OS. The number of hydrogen-bond donors (Lipinski definition) is 1. The zero-order valence-electron chi connectivity index (χ0n) is 13.6. The summed E-state index contributed by atoms with van der Waals surface area (Å²) in [4.78, 5) is 18.3. The number of aromatic nitrogens is 1. The first-order chi connectivity index (χ1) is 12.1. The van der Waals surface area contributed by atoms with E-state index in [1.165, 1.54) is 16.2 Å². The summed E-state index contributed by atoms with van der Waals surface area (Å²) in [6.07, 6.45) is 1.94. The molecule has 0 fully saturated rings. The van der Waals surface area contributed by atoms with Crippen LogP contribution in [0.1, 0.15) is 28.6 Å². The highest BCUT2D eigenvalue weighted by Crippen LogP contribution is 2.33. The van der Waals surface area contributed by atoms with E-state index in [1.807, 2.05) is 24.3 Å². The Labute approximate surface area is 164 Å². The van der Waals surface area contributed by atoms with E-state index < -0.39 is 0 Å². The molecule has 1 amide bonds. The first-order valence-electron chi connectivity index (χ1n) is 7.90. The molecule has 0 aliphatic rings. The largest absolute Gasteiger partial charge is 0.298 e. The van der Waals surface area contributed by atoms with Crippen molar-refractivity contribution in [2.45, 2.75) is 19.8 Å². The van der Waals surface area contributed by atoms with Gasteiger partial charge in [0, 0.05) is 14.9 Å². The molecule has 128 valence electrons. The van der Waals surface area contributed by atoms with Gasteiger partial charge in [-0.3, -0.25) is 10.1 Å². The molecule has 0 aliphatic carbocycles. The van der Waals surface area contributed by atoms with Crippen LogP contribution in [0.4, 0.5) is 5.13 Å². The van der Waals surface area contributed by atoms with Crippen molar-refractivity contribution < 1.29 is 4.79 Å². The van der Waals surface area contributed by atoms with E-state index in [2.05, 4.69) is 33.2 Å². The van der Waals surface area contributed by atoms with E-state index in [0.717, 1.165) is 28.6 Å². The van der Waals surface area contributed by atoms with Gasteiger partial charge in [0.15, 0.2) is 5.13 Å². The van der Waals surface area contributed by atoms with Crippen LogP contribution in [0.3, 0.4) is 0 Å². The Balaban J connectivity index is 1.90. The summed E-state index contributed by atoms with van der Waals surface area (Å²) in [6.45, 7) is 2.13. The van der Waals surface area contributed by atoms with Gasteiger partial charge in [-0.05, 0) is 30.7 Å². The van der Waals surface area contributed by atoms with Crippen molar-refractivity contribution in [2.75, 3.05) is 5.32 Å². The second-order valence-electron chi connectivity index (χ2n) is 5.48. The molecule has 3 rings (SSSR count). The second kappa shape index (κ2) is 8.13. The van der Waals surface area contributed by atoms with Crippen molar-refractivity contribution in [3.8, 4) is 11.3 Å². The number of rotatable bonds is 5. The number of halogens is 2. The molecule has 0 bridgehead atoms. The van der Waals surface area contributed by atoms with Gasteiger partial charge in [0.2, 0.25) is 0 Å². The van der Waals surface area contributed by atoms with Gasteiger partial charge in [-0.2, -0.15) is 0 Å². The van der Waals surface area contributed by atoms with Gasteiger partial charge in [-0.25, -0.2) is 4.98 Å². The van der Waals surface area contributed by atoms with Gasteiger partial charge in [0.05, 0.1) is 16.3 Å². The van der Waals surface area contributed by atoms with Crippen molar-refractivity contribution >= 4 is 49.9 Å². The third-order valence-electron chi connectivity index (χ3n) is 3.63. The van der Waals surface area contributed by atoms with Gasteiger partial charge < -0.3 is 0 Å². The minimum absolute atomic E-state index is 0.246. The molecule has 3 aromatic rings. The Bertz CT molecular complexity index is 893. The van der Waals surface area contributed by atoms with Gasteiger partial charge >= 0.3 is 0 Å². The van der Waals surface area contributed by atoms with Crippen LogP contribution in [0.15, 0.2) is 53.0 Å². The molecule has 0 radical (unpaired) electrons. The van der Waals surface area contributed by atoms with Crippen LogP contribution in [0.5, 0.6) is 0 Å². The topological polar surface area (TPSA) is 42.0 Å². The maximum Gasteiger partial charge on any atom is 0.258 e. The minimum atomic E-state index is -0.246. The van der Waals surface area contributed by atoms with Crippen molar-refractivity contribution in [3.63, 3.8) is 0 Å². The Morgan fingerprint density at radius 3 is 2.60 bits per heavy atom. The number of hydrogen-bond acceptors (Lipinski definition) is 3. The lowest BCUT2D eigenvalue weighted by atomic mass is 10.1. The Kier molecular flexibility index (Phi) is 5.89. The van der Waals surface area contributed by atoms with Gasteiger partial charge in [-0.1, -0.05) is 65.1 Å². The molecule has 0 atom stereocenters. The summed E-state index contributed by atoms with van der Waals surface area (Å²) in [5.41, 5.74) is 2.41. The Morgan fingerprint density at radius 2 is 1.92 bits per heavy atom. The van der Waals surface area contributed by atoms with Crippen LogP contribution in [-0.2, 0) is 6.42 Å². The standard InChI is InChI=1S/C19H16BrClN2OS/c1-2-5-16-17(12-8-10-13(20)11-9-12)22-19(25-16)23-18(24)14-6-3-4-7-15(14)21/h3-4,6-11H,2,5H2,1H3,(H,22,23,24). The first-order valence-corrected chi connectivity index (χ1v) is 9.88. The summed E-state index contributed by atoms with van der Waals surface area (Å²) in [6, 6.07) is 15.0. The van der Waals surface area contributed by atoms with Crippen LogP contribution in [0.2, 0.25) is 5.02 Å². The average molecular weight is 436 g/mol. The molecule has 0 unspecified atom stereocenters. The van der Waals surface area contributed by atoms with Gasteiger partial charge in [-0.15, -0.1) is 11.3 Å². The fourth-order valence-electron chi connectivity index (χ4n) is 2.44. The summed E-state index contributed by atoms with van der Waals surface area (Å²) in [5, 5.41) is 3.89. The second-order valence-corrected chi connectivity index (χ2v) is 7.89. The fourth-order valence-corrected chi connectivity index (χ4v) is 4.01. The first kappa shape index (κ1) is 18.1. The van der Waals surface area contributed by atoms with Crippen LogP contribution in [0.25, 0.3) is 11.3 Å². The number of thiazole rings is 1. The number of benzene rings is 2. The van der Waals surface area contributed by atoms with Crippen molar-refractivity contribution in [2.24, 2.45) is 0 Å². The predicted molar refractivity (Wildman–Crippen MR) is 109 cm³/mol. The SMILES string of the molecule is CCCc1sc(NC(=O)c2ccccc2Cl)nc1-c1ccc(Br)cc1. The number of nitrogens with zero attached hydrogens (tertiary/aromatic N) is 1. The molecule has 6 heteroatoms. The molecule has 0 spiro atoms. The fraction of sp³-hybridized carbons (Fsp3) is 0.158. The number of carbonyl (C=O) groups excluding carboxylic acids is 1. The summed E-state index contributed by atoms with van der Waals surface area (Å²) >= 11 is 11.1. The highest BCUT2D eigenvalue weighted by atomic mass is 79.9. The van der Waals surface area contributed by atoms with Crippen molar-refractivity contribution in [1.82, 2.24) is 4.98 Å². The molecule has 25 heavy (non-hydrogen) atoms. The van der Waals surface area contributed by atoms with Crippen LogP contribution < -0.4 is 5.32 Å². The molecule has 1 heterocycles. The van der Waals surface area contributed by atoms with E-state index in [0.29, 0.717) is 15.7 Å². The van der Waals surface area contributed by atoms with E-state index in [4.69, 9.17) is 11.6 Å². The molecular weight excluding hydrogens is 420 g/mol. The molecule has 2 aromatic carbocycles. The minimum Gasteiger partial charge on any atom is -0.298 e. The summed E-state index contributed by atoms with van der Waals surface area (Å²) in [5.74, 6) is -0.246. The number of aryl methyl sites for hydroxylation is 1. The highest BCUT2D eigenvalue weighted by molar-refractivity contribution is 9.10. The number of carbonyl (C=O) groups is 1. The zero-order chi connectivity index (χ0) is 17.8. The van der Waals surface area contributed by atoms with Crippen molar-refractivity contribution in [1.29, 1.82) is 0 Å². The van der Waals surface area contributed by atoms with E-state index in [9.17, 15) is 4.79 Å². The molecule has 1 N–H and O–H groups in total. The quantitative estimate of drug-likeness (QED) is 0.501. The van der Waals surface area contributed by atoms with Crippen molar-refractivity contribution in [3.05, 3.63) is 68.5 Å². The number of amides is 1. The summed E-state index contributed by atoms with van der Waals surface area (Å²) in [7, 11) is 0. The number of anilines is 1. The highest BCUT2D eigenvalue weighted by Gasteiger charge is 2.16. The zero-order valence-corrected chi connectivity index (χ0v) is 16.7. The van der Waals surface area contributed by atoms with E-state index in [1.54, 1.807) is 24.3 Å². The van der Waals surface area contributed by atoms with Crippen LogP contribution >= 0.6 is 38.9 Å². The van der Waals surface area contributed by atoms with Gasteiger partial charge in [0.1, 0.15) is 0 Å². The average Bonchev–Trinajstić information content (AvgIpc) is 2.98. The maximum atomic E-state index is 12.5. The van der Waals surface area contributed by atoms with Gasteiger partial charge in [0.25, 0.3) is 5.91 Å². The third kappa shape index (κ3) is 4.29. The molecule has 0 saturated heterocycles. The lowest BCUT2D eigenvalue weighted by molar-refractivity contribution is 0.102. The Morgan fingerprint density at radius 1 is 1.20 bits per heavy atom. The lowest BCUT2D eigenvalue weighted by Gasteiger charge is -2.03. The molecule has 1 aromatic heterocycles. The molecule has 3 nitrogen and oxygen atoms in total. The smallest absolute Gasteiger partial charge is 0.258 e. The maximum absolute atomic E-state index is 12.5. The normalized spacial score (nSPS) is 10.7. The van der Waals surface area contributed by atoms with E-state index in [-0.39, 0.29) is 5.91 Å². The molecule has 0 aliphatic heterocycles. The predicted octanol–water partition coefficient (Wildman–Crippen LogP) is 6.43. The van der Waals surface area contributed by atoms with Crippen LogP contribution in [-0.4, -0.2) is 10.9 Å². The Hall–Kier alpha value is -1.69. The van der Waals surface area contributed by atoms with Crippen LogP contribution in [0, 0.1) is 0 Å².